The number of nitrogens with one attached hydrogen (secondary N) is 1. The van der Waals surface area contributed by atoms with Gasteiger partial charge in [-0.3, -0.25) is 4.98 Å². The van der Waals surface area contributed by atoms with Gasteiger partial charge < -0.3 is 14.6 Å². The molecule has 0 bridgehead atoms. The average molecular weight is 289 g/mol. The number of hydrogen-bond donors (Lipinski definition) is 1. The molecule has 0 spiro atoms. The Hall–Kier alpha value is -1.95. The predicted molar refractivity (Wildman–Crippen MR) is 82.0 cm³/mol. The minimum Gasteiger partial charge on any atom is -0.407 e. The monoisotopic (exact) mass is 289 g/mol. The molecule has 0 aliphatic heterocycles. The van der Waals surface area contributed by atoms with Crippen LogP contribution in [0.15, 0.2) is 22.6 Å². The van der Waals surface area contributed by atoms with Crippen LogP contribution in [0, 0.1) is 6.92 Å². The molecule has 21 heavy (non-hydrogen) atoms. The first-order chi connectivity index (χ1) is 10.2. The van der Waals surface area contributed by atoms with Crippen LogP contribution in [0.4, 0.5) is 6.01 Å². The van der Waals surface area contributed by atoms with E-state index in [0.29, 0.717) is 25.0 Å². The van der Waals surface area contributed by atoms with E-state index in [4.69, 9.17) is 4.42 Å². The lowest BCUT2D eigenvalue weighted by atomic mass is 10.3. The normalized spacial score (nSPS) is 10.8. The highest BCUT2D eigenvalue weighted by molar-refractivity contribution is 5.26. The van der Waals surface area contributed by atoms with E-state index in [1.54, 1.807) is 0 Å². The van der Waals surface area contributed by atoms with Gasteiger partial charge in [-0.15, -0.1) is 5.10 Å². The Balaban J connectivity index is 2.00. The van der Waals surface area contributed by atoms with Crippen LogP contribution >= 0.6 is 0 Å². The first kappa shape index (κ1) is 15.4. The zero-order chi connectivity index (χ0) is 15.1. The lowest BCUT2D eigenvalue weighted by Crippen LogP contribution is -2.23. The topological polar surface area (TPSA) is 67.1 Å². The molecule has 2 aromatic heterocycles. The van der Waals surface area contributed by atoms with E-state index in [2.05, 4.69) is 34.3 Å². The van der Waals surface area contributed by atoms with E-state index in [0.717, 1.165) is 30.9 Å². The van der Waals surface area contributed by atoms with E-state index in [9.17, 15) is 0 Å². The van der Waals surface area contributed by atoms with Crippen molar-refractivity contribution in [2.45, 2.75) is 40.3 Å². The number of aryl methyl sites for hydroxylation is 1. The summed E-state index contributed by atoms with van der Waals surface area (Å²) in [4.78, 5) is 6.54. The lowest BCUT2D eigenvalue weighted by Gasteiger charge is -2.17. The first-order valence-corrected chi connectivity index (χ1v) is 7.43. The fourth-order valence-electron chi connectivity index (χ4n) is 2.01. The second-order valence-corrected chi connectivity index (χ2v) is 4.94. The highest BCUT2D eigenvalue weighted by Crippen LogP contribution is 2.15. The molecule has 114 valence electrons. The van der Waals surface area contributed by atoms with Crippen molar-refractivity contribution in [2.75, 3.05) is 18.0 Å². The number of pyridine rings is 1. The molecule has 2 aromatic rings. The van der Waals surface area contributed by atoms with E-state index in [1.165, 1.54) is 0 Å². The van der Waals surface area contributed by atoms with Crippen molar-refractivity contribution in [3.8, 4) is 0 Å². The number of hydrogen-bond acceptors (Lipinski definition) is 6. The van der Waals surface area contributed by atoms with Gasteiger partial charge in [-0.05, 0) is 38.9 Å². The van der Waals surface area contributed by atoms with Gasteiger partial charge in [0.1, 0.15) is 0 Å². The van der Waals surface area contributed by atoms with Crippen molar-refractivity contribution in [3.05, 3.63) is 35.5 Å². The third-order valence-electron chi connectivity index (χ3n) is 3.11. The minimum atomic E-state index is 0.550. The van der Waals surface area contributed by atoms with Crippen molar-refractivity contribution in [2.24, 2.45) is 0 Å². The molecule has 0 atom stereocenters. The molecule has 0 amide bonds. The van der Waals surface area contributed by atoms with Gasteiger partial charge >= 0.3 is 6.01 Å². The summed E-state index contributed by atoms with van der Waals surface area (Å²) in [6.07, 6.45) is 1.08. The van der Waals surface area contributed by atoms with E-state index < -0.39 is 0 Å². The molecule has 0 aliphatic rings. The van der Waals surface area contributed by atoms with Crippen LogP contribution in [0.3, 0.4) is 0 Å². The van der Waals surface area contributed by atoms with Gasteiger partial charge in [-0.25, -0.2) is 0 Å². The van der Waals surface area contributed by atoms with Crippen LogP contribution in [-0.2, 0) is 13.1 Å². The summed E-state index contributed by atoms with van der Waals surface area (Å²) >= 11 is 0. The smallest absolute Gasteiger partial charge is 0.318 e. The summed E-state index contributed by atoms with van der Waals surface area (Å²) in [5.74, 6) is 0.620. The van der Waals surface area contributed by atoms with Crippen LogP contribution in [0.25, 0.3) is 0 Å². The number of aromatic nitrogens is 3. The lowest BCUT2D eigenvalue weighted by molar-refractivity contribution is 0.460. The largest absolute Gasteiger partial charge is 0.407 e. The van der Waals surface area contributed by atoms with Gasteiger partial charge in [0.25, 0.3) is 0 Å². The molecular formula is C15H23N5O. The molecule has 2 heterocycles. The molecule has 0 saturated heterocycles. The van der Waals surface area contributed by atoms with Crippen LogP contribution in [0.5, 0.6) is 0 Å². The van der Waals surface area contributed by atoms with Crippen LogP contribution in [-0.4, -0.2) is 28.3 Å². The Morgan fingerprint density at radius 3 is 2.81 bits per heavy atom. The summed E-state index contributed by atoms with van der Waals surface area (Å²) in [7, 11) is 0. The van der Waals surface area contributed by atoms with Crippen LogP contribution < -0.4 is 10.2 Å². The Bertz CT molecular complexity index is 555. The van der Waals surface area contributed by atoms with Crippen LogP contribution in [0.2, 0.25) is 0 Å². The van der Waals surface area contributed by atoms with Crippen molar-refractivity contribution < 1.29 is 4.42 Å². The minimum absolute atomic E-state index is 0.550. The summed E-state index contributed by atoms with van der Waals surface area (Å²) < 4.78 is 5.70. The maximum Gasteiger partial charge on any atom is 0.318 e. The molecular weight excluding hydrogens is 266 g/mol. The molecule has 0 fully saturated rings. The maximum atomic E-state index is 5.70. The van der Waals surface area contributed by atoms with E-state index in [-0.39, 0.29) is 0 Å². The fraction of sp³-hybridized carbons (Fsp3) is 0.533. The second kappa shape index (κ2) is 7.73. The van der Waals surface area contributed by atoms with Crippen molar-refractivity contribution >= 4 is 6.01 Å². The molecule has 0 saturated carbocycles. The summed E-state index contributed by atoms with van der Waals surface area (Å²) in [6, 6.07) is 6.56. The standard InChI is InChI=1S/C15H23N5O/c1-4-9-16-10-14-18-19-15(21-14)20(5-2)11-13-8-6-7-12(3)17-13/h6-8,16H,4-5,9-11H2,1-3H3. The molecule has 0 aliphatic carbocycles. The molecule has 1 N–H and O–H groups in total. The molecule has 0 radical (unpaired) electrons. The Labute approximate surface area is 125 Å². The Kier molecular flexibility index (Phi) is 5.68. The SMILES string of the molecule is CCCNCc1nnc(N(CC)Cc2cccc(C)n2)o1. The highest BCUT2D eigenvalue weighted by Gasteiger charge is 2.14. The van der Waals surface area contributed by atoms with Gasteiger partial charge in [0.2, 0.25) is 5.89 Å². The summed E-state index contributed by atoms with van der Waals surface area (Å²) in [6.45, 7) is 9.20. The molecule has 6 heteroatoms. The quantitative estimate of drug-likeness (QED) is 0.752. The number of rotatable bonds is 8. The fourth-order valence-corrected chi connectivity index (χ4v) is 2.01. The third-order valence-corrected chi connectivity index (χ3v) is 3.11. The number of anilines is 1. The van der Waals surface area contributed by atoms with Gasteiger partial charge in [0.15, 0.2) is 0 Å². The first-order valence-electron chi connectivity index (χ1n) is 7.43. The van der Waals surface area contributed by atoms with E-state index in [1.807, 2.05) is 30.0 Å². The highest BCUT2D eigenvalue weighted by atomic mass is 16.4. The maximum absolute atomic E-state index is 5.70. The number of nitrogens with zero attached hydrogens (tertiary/aromatic N) is 4. The molecule has 0 unspecified atom stereocenters. The molecule has 0 aromatic carbocycles. The van der Waals surface area contributed by atoms with Crippen molar-refractivity contribution in [3.63, 3.8) is 0 Å². The second-order valence-electron chi connectivity index (χ2n) is 4.94. The Morgan fingerprint density at radius 1 is 1.24 bits per heavy atom. The third kappa shape index (κ3) is 4.53. The molecule has 2 rings (SSSR count). The zero-order valence-corrected chi connectivity index (χ0v) is 13.0. The molecule has 6 nitrogen and oxygen atoms in total. The van der Waals surface area contributed by atoms with E-state index >= 15 is 0 Å². The van der Waals surface area contributed by atoms with Crippen molar-refractivity contribution in [1.82, 2.24) is 20.5 Å². The van der Waals surface area contributed by atoms with Gasteiger partial charge in [0, 0.05) is 12.2 Å². The Morgan fingerprint density at radius 2 is 2.10 bits per heavy atom. The zero-order valence-electron chi connectivity index (χ0n) is 13.0. The van der Waals surface area contributed by atoms with Gasteiger partial charge in [-0.1, -0.05) is 18.1 Å². The van der Waals surface area contributed by atoms with Gasteiger partial charge in [-0.2, -0.15) is 0 Å². The van der Waals surface area contributed by atoms with Crippen LogP contribution in [0.1, 0.15) is 37.5 Å². The van der Waals surface area contributed by atoms with Gasteiger partial charge in [0.05, 0.1) is 18.8 Å². The summed E-state index contributed by atoms with van der Waals surface area (Å²) in [5.41, 5.74) is 2.01. The van der Waals surface area contributed by atoms with Crippen molar-refractivity contribution in [1.29, 1.82) is 0 Å². The summed E-state index contributed by atoms with van der Waals surface area (Å²) in [5, 5.41) is 11.5. The predicted octanol–water partition coefficient (Wildman–Crippen LogP) is 2.30. The average Bonchev–Trinajstić information content (AvgIpc) is 2.94.